The number of carbonyl (C=O) groups excluding carboxylic acids is 2. The summed E-state index contributed by atoms with van der Waals surface area (Å²) in [4.78, 5) is 31.8. The van der Waals surface area contributed by atoms with Crippen molar-refractivity contribution in [3.05, 3.63) is 54.1 Å². The number of hydrogen-bond donors (Lipinski definition) is 1. The average Bonchev–Trinajstić information content (AvgIpc) is 3.14. The van der Waals surface area contributed by atoms with Crippen molar-refractivity contribution in [2.45, 2.75) is 119 Å². The molecule has 0 bridgehead atoms. The Morgan fingerprint density at radius 3 is 2.26 bits per heavy atom. The summed E-state index contributed by atoms with van der Waals surface area (Å²) in [5, 5.41) is 6.64. The second-order valence-corrected chi connectivity index (χ2v) is 20.4. The van der Waals surface area contributed by atoms with Gasteiger partial charge in [0.25, 0.3) is 0 Å². The molecule has 6 aliphatic rings. The van der Waals surface area contributed by atoms with Crippen molar-refractivity contribution >= 4 is 45.7 Å². The number of amides is 1. The Balaban J connectivity index is 1.03. The van der Waals surface area contributed by atoms with Crippen molar-refractivity contribution in [3.63, 3.8) is 0 Å². The lowest BCUT2D eigenvalue weighted by molar-refractivity contribution is -0.213. The molecule has 10 atom stereocenters. The van der Waals surface area contributed by atoms with Crippen LogP contribution >= 0.6 is 12.2 Å². The summed E-state index contributed by atoms with van der Waals surface area (Å²) in [7, 11) is 0. The van der Waals surface area contributed by atoms with E-state index in [1.54, 1.807) is 12.5 Å². The molecule has 7 heteroatoms. The van der Waals surface area contributed by atoms with Crippen LogP contribution in [0, 0.1) is 56.7 Å². The summed E-state index contributed by atoms with van der Waals surface area (Å²) < 4.78 is 5.99. The van der Waals surface area contributed by atoms with E-state index in [9.17, 15) is 4.79 Å². The van der Waals surface area contributed by atoms with E-state index in [0.29, 0.717) is 48.6 Å². The molecule has 1 N–H and O–H groups in total. The van der Waals surface area contributed by atoms with Gasteiger partial charge in [-0.3, -0.25) is 9.59 Å². The van der Waals surface area contributed by atoms with E-state index in [1.807, 2.05) is 0 Å². The van der Waals surface area contributed by atoms with Crippen molar-refractivity contribution in [1.29, 1.82) is 0 Å². The molecule has 0 aromatic heterocycles. The van der Waals surface area contributed by atoms with Crippen LogP contribution in [0.2, 0.25) is 0 Å². The van der Waals surface area contributed by atoms with E-state index in [-0.39, 0.29) is 39.1 Å². The van der Waals surface area contributed by atoms with E-state index in [4.69, 9.17) is 17.0 Å². The number of nitrogens with zero attached hydrogens (tertiary/aromatic N) is 2. The van der Waals surface area contributed by atoms with Crippen LogP contribution in [-0.4, -0.2) is 59.1 Å². The lowest BCUT2D eigenvalue weighted by atomic mass is 9.33. The number of thiocarbonyl (C=S) groups is 1. The van der Waals surface area contributed by atoms with Crippen molar-refractivity contribution in [2.75, 3.05) is 31.5 Å². The Hall–Kier alpha value is -2.93. The van der Waals surface area contributed by atoms with E-state index in [2.05, 4.69) is 112 Å². The maximum atomic E-state index is 15.2. The highest BCUT2D eigenvalue weighted by atomic mass is 32.1. The van der Waals surface area contributed by atoms with Gasteiger partial charge in [-0.05, 0) is 127 Å². The molecule has 5 fully saturated rings. The third-order valence-electron chi connectivity index (χ3n) is 17.5. The molecule has 6 nitrogen and oxygen atoms in total. The van der Waals surface area contributed by atoms with Crippen LogP contribution in [0.3, 0.4) is 0 Å². The number of fused-ring (bicyclic) bond motifs is 8. The first kappa shape index (κ1) is 38.0. The number of piperazine rings is 1. The minimum absolute atomic E-state index is 0.00786. The van der Waals surface area contributed by atoms with E-state index in [0.717, 1.165) is 68.8 Å². The summed E-state index contributed by atoms with van der Waals surface area (Å²) >= 11 is 5.96. The molecule has 54 heavy (non-hydrogen) atoms. The lowest BCUT2D eigenvalue weighted by Crippen LogP contribution is -2.66. The molecule has 4 saturated carbocycles. The fourth-order valence-corrected chi connectivity index (χ4v) is 14.5. The summed E-state index contributed by atoms with van der Waals surface area (Å²) in [6, 6.07) is 14.7. The number of benzene rings is 2. The lowest BCUT2D eigenvalue weighted by Gasteiger charge is -2.71. The van der Waals surface area contributed by atoms with Gasteiger partial charge in [0.15, 0.2) is 5.11 Å². The SMILES string of the molecule is CC(=O)O[C@H]1CC[C@]2(C)[C@H]3CC=C4[C@@H]5[C@@H](C)[C@H](C)CC[C@]5(C(=O)N5CCN(C(=S)Nc6cccc7ccccc67)CC5)CC[C@@]4(C)[C@]3(C)CC[C@H]2C1(C)C. The molecule has 0 spiro atoms. The molecule has 0 radical (unpaired) electrons. The number of anilines is 1. The standard InChI is InChI=1S/C47H65N3O3S/c1-30-18-23-47(41(52)49-26-28-50(29-27-49)42(54)48-36-15-11-13-33-12-9-10-14-34(33)36)25-24-45(7)35(40(47)31(30)2)16-17-38-44(6)21-20-39(53-32(3)51)43(4,5)37(44)19-22-46(38,45)8/h9-16,30-31,37-40H,17-29H2,1-8H3,(H,48,54)/t30-,31+,37+,38-,39+,40+,44+,45-,46-,47+/m1/s1. The molecule has 2 aromatic carbocycles. The van der Waals surface area contributed by atoms with Gasteiger partial charge < -0.3 is 19.9 Å². The molecule has 8 rings (SSSR count). The van der Waals surface area contributed by atoms with Crippen molar-refractivity contribution in [3.8, 4) is 0 Å². The largest absolute Gasteiger partial charge is 0.462 e. The maximum Gasteiger partial charge on any atom is 0.302 e. The molecular formula is C47H65N3O3S. The highest BCUT2D eigenvalue weighted by molar-refractivity contribution is 7.80. The Morgan fingerprint density at radius 2 is 1.52 bits per heavy atom. The Bertz CT molecular complexity index is 1860. The molecule has 0 unspecified atom stereocenters. The number of carbonyl (C=O) groups is 2. The molecule has 2 aromatic rings. The molecule has 292 valence electrons. The average molecular weight is 752 g/mol. The monoisotopic (exact) mass is 751 g/mol. The zero-order valence-corrected chi connectivity index (χ0v) is 35.1. The number of ether oxygens (including phenoxy) is 1. The second-order valence-electron chi connectivity index (χ2n) is 20.0. The van der Waals surface area contributed by atoms with Crippen LogP contribution in [0.15, 0.2) is 54.1 Å². The Morgan fingerprint density at radius 1 is 0.815 bits per heavy atom. The molecule has 1 aliphatic heterocycles. The van der Waals surface area contributed by atoms with Gasteiger partial charge in [-0.1, -0.05) is 96.5 Å². The molecule has 5 aliphatic carbocycles. The molecule has 1 amide bonds. The molecular weight excluding hydrogens is 687 g/mol. The first-order valence-electron chi connectivity index (χ1n) is 21.3. The minimum Gasteiger partial charge on any atom is -0.462 e. The molecule has 1 heterocycles. The predicted molar refractivity (Wildman–Crippen MR) is 223 cm³/mol. The smallest absolute Gasteiger partial charge is 0.302 e. The fraction of sp³-hybridized carbons (Fsp3) is 0.681. The topological polar surface area (TPSA) is 61.9 Å². The van der Waals surface area contributed by atoms with Crippen LogP contribution < -0.4 is 5.32 Å². The van der Waals surface area contributed by atoms with Crippen LogP contribution in [0.4, 0.5) is 5.69 Å². The first-order chi connectivity index (χ1) is 25.6. The van der Waals surface area contributed by atoms with Crippen molar-refractivity contribution < 1.29 is 14.3 Å². The summed E-state index contributed by atoms with van der Waals surface area (Å²) in [5.74, 6) is 2.72. The van der Waals surface area contributed by atoms with Crippen LogP contribution in [-0.2, 0) is 14.3 Å². The summed E-state index contributed by atoms with van der Waals surface area (Å²) in [6.45, 7) is 22.0. The summed E-state index contributed by atoms with van der Waals surface area (Å²) in [5.41, 5.74) is 2.72. The van der Waals surface area contributed by atoms with Gasteiger partial charge in [0.2, 0.25) is 5.91 Å². The fourth-order valence-electron chi connectivity index (χ4n) is 14.2. The van der Waals surface area contributed by atoms with Gasteiger partial charge in [0.05, 0.1) is 5.41 Å². The van der Waals surface area contributed by atoms with Gasteiger partial charge >= 0.3 is 5.97 Å². The first-order valence-corrected chi connectivity index (χ1v) is 21.7. The highest BCUT2D eigenvalue weighted by Crippen LogP contribution is 2.76. The third kappa shape index (κ3) is 5.54. The molecule has 1 saturated heterocycles. The van der Waals surface area contributed by atoms with Gasteiger partial charge in [-0.15, -0.1) is 0 Å². The van der Waals surface area contributed by atoms with Crippen LogP contribution in [0.25, 0.3) is 10.8 Å². The van der Waals surface area contributed by atoms with Crippen molar-refractivity contribution in [1.82, 2.24) is 9.80 Å². The van der Waals surface area contributed by atoms with Gasteiger partial charge in [-0.25, -0.2) is 0 Å². The Kier molecular flexibility index (Phi) is 9.38. The second kappa shape index (κ2) is 13.3. The van der Waals surface area contributed by atoms with Crippen molar-refractivity contribution in [2.24, 2.45) is 56.7 Å². The normalized spacial score (nSPS) is 40.0. The quantitative estimate of drug-likeness (QED) is 0.191. The number of esters is 1. The number of rotatable bonds is 3. The predicted octanol–water partition coefficient (Wildman–Crippen LogP) is 10.3. The van der Waals surface area contributed by atoms with Crippen LogP contribution in [0.5, 0.6) is 0 Å². The maximum absolute atomic E-state index is 15.2. The van der Waals surface area contributed by atoms with Gasteiger partial charge in [0, 0.05) is 49.6 Å². The number of nitrogens with one attached hydrogen (secondary N) is 1. The minimum atomic E-state index is -0.324. The zero-order chi connectivity index (χ0) is 38.4. The highest BCUT2D eigenvalue weighted by Gasteiger charge is 2.70. The van der Waals surface area contributed by atoms with Crippen LogP contribution in [0.1, 0.15) is 113 Å². The number of allylic oxidation sites excluding steroid dienone is 2. The van der Waals surface area contributed by atoms with E-state index < -0.39 is 0 Å². The zero-order valence-electron chi connectivity index (χ0n) is 34.3. The summed E-state index contributed by atoms with van der Waals surface area (Å²) in [6.07, 6.45) is 12.5. The third-order valence-corrected chi connectivity index (χ3v) is 17.9. The van der Waals surface area contributed by atoms with Gasteiger partial charge in [-0.2, -0.15) is 0 Å². The number of hydrogen-bond acceptors (Lipinski definition) is 4. The van der Waals surface area contributed by atoms with E-state index in [1.165, 1.54) is 23.6 Å². The van der Waals surface area contributed by atoms with Gasteiger partial charge in [0.1, 0.15) is 6.10 Å². The Labute approximate surface area is 330 Å². The van der Waals surface area contributed by atoms with E-state index >= 15 is 4.79 Å².